The molecule has 5 nitrogen and oxygen atoms in total. The first-order valence-electron chi connectivity index (χ1n) is 9.18. The first-order chi connectivity index (χ1) is 12.7. The standard InChI is InChI=1S/C21H26N2O3/c22-21(24)17-11-14-23(15-12-17)13-4-16-25-18-7-9-20(10-8-18)26-19-5-2-1-3-6-19/h1-3,5-10,17H,4,11-16H2,(H2,22,24). The molecule has 0 atom stereocenters. The van der Waals surface area contributed by atoms with Gasteiger partial charge in [0.05, 0.1) is 6.61 Å². The summed E-state index contributed by atoms with van der Waals surface area (Å²) in [5.41, 5.74) is 5.37. The molecule has 0 spiro atoms. The molecule has 0 aromatic heterocycles. The fraction of sp³-hybridized carbons (Fsp3) is 0.381. The van der Waals surface area contributed by atoms with Crippen LogP contribution >= 0.6 is 0 Å². The second-order valence-corrected chi connectivity index (χ2v) is 6.61. The van der Waals surface area contributed by atoms with Crippen molar-refractivity contribution in [3.05, 3.63) is 54.6 Å². The van der Waals surface area contributed by atoms with Crippen molar-refractivity contribution in [2.45, 2.75) is 19.3 Å². The highest BCUT2D eigenvalue weighted by Gasteiger charge is 2.22. The van der Waals surface area contributed by atoms with Gasteiger partial charge in [-0.25, -0.2) is 0 Å². The highest BCUT2D eigenvalue weighted by Crippen LogP contribution is 2.23. The highest BCUT2D eigenvalue weighted by atomic mass is 16.5. The lowest BCUT2D eigenvalue weighted by Gasteiger charge is -2.30. The summed E-state index contributed by atoms with van der Waals surface area (Å²) in [7, 11) is 0. The van der Waals surface area contributed by atoms with Gasteiger partial charge in [-0.15, -0.1) is 0 Å². The van der Waals surface area contributed by atoms with Crippen LogP contribution in [0.15, 0.2) is 54.6 Å². The van der Waals surface area contributed by atoms with Gasteiger partial charge in [-0.05, 0) is 68.8 Å². The third-order valence-corrected chi connectivity index (χ3v) is 4.68. The van der Waals surface area contributed by atoms with Crippen LogP contribution in [0.5, 0.6) is 17.2 Å². The van der Waals surface area contributed by atoms with Crippen LogP contribution in [0.1, 0.15) is 19.3 Å². The molecule has 1 heterocycles. The number of ether oxygens (including phenoxy) is 2. The van der Waals surface area contributed by atoms with Gasteiger partial charge in [-0.2, -0.15) is 0 Å². The molecule has 1 fully saturated rings. The number of amides is 1. The van der Waals surface area contributed by atoms with Crippen molar-refractivity contribution in [3.8, 4) is 17.2 Å². The molecule has 1 amide bonds. The van der Waals surface area contributed by atoms with Gasteiger partial charge in [-0.1, -0.05) is 18.2 Å². The maximum Gasteiger partial charge on any atom is 0.220 e. The molecule has 0 bridgehead atoms. The van der Waals surface area contributed by atoms with E-state index >= 15 is 0 Å². The van der Waals surface area contributed by atoms with Gasteiger partial charge in [0.15, 0.2) is 0 Å². The molecule has 2 N–H and O–H groups in total. The highest BCUT2D eigenvalue weighted by molar-refractivity contribution is 5.76. The van der Waals surface area contributed by atoms with E-state index in [4.69, 9.17) is 15.2 Å². The van der Waals surface area contributed by atoms with Crippen molar-refractivity contribution in [2.75, 3.05) is 26.2 Å². The Kier molecular flexibility index (Phi) is 6.50. The van der Waals surface area contributed by atoms with Crippen molar-refractivity contribution >= 4 is 5.91 Å². The quantitative estimate of drug-likeness (QED) is 0.738. The Morgan fingerprint density at radius 1 is 0.962 bits per heavy atom. The van der Waals surface area contributed by atoms with Crippen molar-refractivity contribution in [3.63, 3.8) is 0 Å². The van der Waals surface area contributed by atoms with E-state index < -0.39 is 0 Å². The number of carbonyl (C=O) groups is 1. The predicted molar refractivity (Wildman–Crippen MR) is 101 cm³/mol. The van der Waals surface area contributed by atoms with E-state index in [1.807, 2.05) is 54.6 Å². The summed E-state index contributed by atoms with van der Waals surface area (Å²) in [6.07, 6.45) is 2.71. The lowest BCUT2D eigenvalue weighted by molar-refractivity contribution is -0.123. The Morgan fingerprint density at radius 2 is 1.58 bits per heavy atom. The molecule has 0 saturated carbocycles. The number of benzene rings is 2. The average molecular weight is 354 g/mol. The number of para-hydroxylation sites is 1. The van der Waals surface area contributed by atoms with Crippen molar-refractivity contribution in [1.29, 1.82) is 0 Å². The van der Waals surface area contributed by atoms with Gasteiger partial charge in [-0.3, -0.25) is 4.79 Å². The van der Waals surface area contributed by atoms with Crippen LogP contribution in [-0.4, -0.2) is 37.0 Å². The summed E-state index contributed by atoms with van der Waals surface area (Å²) >= 11 is 0. The Labute approximate surface area is 154 Å². The number of hydrogen-bond acceptors (Lipinski definition) is 4. The Morgan fingerprint density at radius 3 is 2.23 bits per heavy atom. The second kappa shape index (κ2) is 9.25. The first kappa shape index (κ1) is 18.3. The van der Waals surface area contributed by atoms with Crippen molar-refractivity contribution < 1.29 is 14.3 Å². The van der Waals surface area contributed by atoms with Crippen LogP contribution in [0.4, 0.5) is 0 Å². The molecular weight excluding hydrogens is 328 g/mol. The van der Waals surface area contributed by atoms with Crippen LogP contribution in [0.25, 0.3) is 0 Å². The monoisotopic (exact) mass is 354 g/mol. The van der Waals surface area contributed by atoms with E-state index in [0.29, 0.717) is 6.61 Å². The van der Waals surface area contributed by atoms with Gasteiger partial charge >= 0.3 is 0 Å². The average Bonchev–Trinajstić information content (AvgIpc) is 2.68. The van der Waals surface area contributed by atoms with E-state index in [1.54, 1.807) is 0 Å². The lowest BCUT2D eigenvalue weighted by Crippen LogP contribution is -2.39. The van der Waals surface area contributed by atoms with E-state index in [0.717, 1.165) is 56.1 Å². The summed E-state index contributed by atoms with van der Waals surface area (Å²) in [6.45, 7) is 3.55. The van der Waals surface area contributed by atoms with Crippen molar-refractivity contribution in [1.82, 2.24) is 4.90 Å². The summed E-state index contributed by atoms with van der Waals surface area (Å²) in [6, 6.07) is 17.4. The van der Waals surface area contributed by atoms with Crippen LogP contribution in [0, 0.1) is 5.92 Å². The van der Waals surface area contributed by atoms with Gasteiger partial charge < -0.3 is 20.1 Å². The van der Waals surface area contributed by atoms with Gasteiger partial charge in [0.25, 0.3) is 0 Å². The molecule has 0 unspecified atom stereocenters. The number of carbonyl (C=O) groups excluding carboxylic acids is 1. The molecule has 5 heteroatoms. The predicted octanol–water partition coefficient (Wildman–Crippen LogP) is 3.45. The molecule has 26 heavy (non-hydrogen) atoms. The summed E-state index contributed by atoms with van der Waals surface area (Å²) in [5.74, 6) is 2.35. The van der Waals surface area contributed by atoms with E-state index in [1.165, 1.54) is 0 Å². The maximum absolute atomic E-state index is 11.2. The van der Waals surface area contributed by atoms with Crippen LogP contribution in [0.3, 0.4) is 0 Å². The summed E-state index contributed by atoms with van der Waals surface area (Å²) < 4.78 is 11.6. The fourth-order valence-electron chi connectivity index (χ4n) is 3.15. The third-order valence-electron chi connectivity index (χ3n) is 4.68. The normalized spacial score (nSPS) is 15.5. The molecule has 2 aromatic carbocycles. The minimum absolute atomic E-state index is 0.0547. The zero-order chi connectivity index (χ0) is 18.2. The number of piperidine rings is 1. The Bertz CT molecular complexity index is 680. The van der Waals surface area contributed by atoms with Gasteiger partial charge in [0.2, 0.25) is 5.91 Å². The van der Waals surface area contributed by atoms with Crippen molar-refractivity contribution in [2.24, 2.45) is 11.7 Å². The third kappa shape index (κ3) is 5.49. The molecule has 0 radical (unpaired) electrons. The minimum Gasteiger partial charge on any atom is -0.494 e. The topological polar surface area (TPSA) is 64.8 Å². The number of nitrogens with zero attached hydrogens (tertiary/aromatic N) is 1. The van der Waals surface area contributed by atoms with Gasteiger partial charge in [0, 0.05) is 12.5 Å². The summed E-state index contributed by atoms with van der Waals surface area (Å²) in [5, 5.41) is 0. The van der Waals surface area contributed by atoms with E-state index in [9.17, 15) is 4.79 Å². The molecule has 2 aromatic rings. The molecular formula is C21H26N2O3. The SMILES string of the molecule is NC(=O)C1CCN(CCCOc2ccc(Oc3ccccc3)cc2)CC1. The van der Waals surface area contributed by atoms with Crippen LogP contribution in [-0.2, 0) is 4.79 Å². The first-order valence-corrected chi connectivity index (χ1v) is 9.18. The molecule has 1 saturated heterocycles. The largest absolute Gasteiger partial charge is 0.494 e. The number of likely N-dealkylation sites (tertiary alicyclic amines) is 1. The second-order valence-electron chi connectivity index (χ2n) is 6.61. The van der Waals surface area contributed by atoms with E-state index in [2.05, 4.69) is 4.90 Å². The van der Waals surface area contributed by atoms with Crippen LogP contribution in [0.2, 0.25) is 0 Å². The zero-order valence-corrected chi connectivity index (χ0v) is 15.0. The lowest BCUT2D eigenvalue weighted by atomic mass is 9.96. The van der Waals surface area contributed by atoms with E-state index in [-0.39, 0.29) is 11.8 Å². The molecule has 138 valence electrons. The van der Waals surface area contributed by atoms with Gasteiger partial charge in [0.1, 0.15) is 17.2 Å². The summed E-state index contributed by atoms with van der Waals surface area (Å²) in [4.78, 5) is 13.6. The smallest absolute Gasteiger partial charge is 0.220 e. The maximum atomic E-state index is 11.2. The fourth-order valence-corrected chi connectivity index (χ4v) is 3.15. The number of primary amides is 1. The number of nitrogens with two attached hydrogens (primary N) is 1. The molecule has 1 aliphatic heterocycles. The molecule has 3 rings (SSSR count). The molecule has 1 aliphatic rings. The van der Waals surface area contributed by atoms with Crippen LogP contribution < -0.4 is 15.2 Å². The number of hydrogen-bond donors (Lipinski definition) is 1. The zero-order valence-electron chi connectivity index (χ0n) is 15.0. The Balaban J connectivity index is 1.34. The number of rotatable bonds is 8. The molecule has 0 aliphatic carbocycles. The Hall–Kier alpha value is -2.53. The minimum atomic E-state index is -0.160.